The van der Waals surface area contributed by atoms with Crippen molar-refractivity contribution in [1.82, 2.24) is 5.32 Å². The zero-order valence-corrected chi connectivity index (χ0v) is 11.1. The Kier molecular flexibility index (Phi) is 3.79. The van der Waals surface area contributed by atoms with Crippen LogP contribution in [0.3, 0.4) is 0 Å². The number of carbonyl (C=O) groups is 1. The van der Waals surface area contributed by atoms with Crippen LogP contribution >= 0.6 is 15.9 Å². The van der Waals surface area contributed by atoms with Gasteiger partial charge in [-0.25, -0.2) is 4.39 Å². The first-order chi connectivity index (χ1) is 8.08. The third-order valence-corrected chi connectivity index (χ3v) is 3.81. The predicted molar refractivity (Wildman–Crippen MR) is 68.3 cm³/mol. The number of rotatable bonds is 3. The van der Waals surface area contributed by atoms with E-state index in [1.165, 1.54) is 12.1 Å². The van der Waals surface area contributed by atoms with Crippen LogP contribution < -0.4 is 10.6 Å². The molecule has 2 rings (SSSR count). The standard InChI is InChI=1S/C12H14BrFN2O/c1-7(8-5-15-6-8)12(17)16-11-4-9(14)2-3-10(11)13/h2-4,7-8,15H,5-6H2,1H3,(H,16,17). The van der Waals surface area contributed by atoms with Crippen molar-refractivity contribution in [2.24, 2.45) is 11.8 Å². The Bertz CT molecular complexity index is 435. The lowest BCUT2D eigenvalue weighted by Crippen LogP contribution is -2.48. The summed E-state index contributed by atoms with van der Waals surface area (Å²) in [5, 5.41) is 5.88. The first-order valence-electron chi connectivity index (χ1n) is 5.54. The van der Waals surface area contributed by atoms with Crippen molar-refractivity contribution in [3.8, 4) is 0 Å². The molecule has 1 aromatic carbocycles. The van der Waals surface area contributed by atoms with E-state index < -0.39 is 0 Å². The summed E-state index contributed by atoms with van der Waals surface area (Å²) in [7, 11) is 0. The van der Waals surface area contributed by atoms with Crippen molar-refractivity contribution >= 4 is 27.5 Å². The second kappa shape index (κ2) is 5.14. The molecule has 1 heterocycles. The molecule has 1 amide bonds. The highest BCUT2D eigenvalue weighted by molar-refractivity contribution is 9.10. The van der Waals surface area contributed by atoms with Crippen LogP contribution in [0, 0.1) is 17.7 Å². The van der Waals surface area contributed by atoms with Gasteiger partial charge in [-0.05, 0) is 53.1 Å². The average Bonchev–Trinajstić information content (AvgIpc) is 2.21. The first kappa shape index (κ1) is 12.5. The molecule has 5 heteroatoms. The lowest BCUT2D eigenvalue weighted by atomic mass is 9.88. The quantitative estimate of drug-likeness (QED) is 0.900. The zero-order chi connectivity index (χ0) is 12.4. The third kappa shape index (κ3) is 2.84. The Hall–Kier alpha value is -0.940. The van der Waals surface area contributed by atoms with Gasteiger partial charge < -0.3 is 10.6 Å². The number of hydrogen-bond donors (Lipinski definition) is 2. The molecule has 1 aliphatic heterocycles. The van der Waals surface area contributed by atoms with Crippen LogP contribution in [0.15, 0.2) is 22.7 Å². The highest BCUT2D eigenvalue weighted by atomic mass is 79.9. The van der Waals surface area contributed by atoms with Gasteiger partial charge in [0.25, 0.3) is 0 Å². The fourth-order valence-electron chi connectivity index (χ4n) is 1.72. The molecular weight excluding hydrogens is 287 g/mol. The molecule has 1 saturated heterocycles. The Labute approximate surface area is 108 Å². The van der Waals surface area contributed by atoms with Crippen molar-refractivity contribution < 1.29 is 9.18 Å². The van der Waals surface area contributed by atoms with Crippen LogP contribution in [0.5, 0.6) is 0 Å². The second-order valence-corrected chi connectivity index (χ2v) is 5.17. The average molecular weight is 301 g/mol. The minimum atomic E-state index is -0.360. The predicted octanol–water partition coefficient (Wildman–Crippen LogP) is 2.38. The Morgan fingerprint density at radius 2 is 2.29 bits per heavy atom. The molecule has 1 aliphatic rings. The van der Waals surface area contributed by atoms with E-state index in [4.69, 9.17) is 0 Å². The summed E-state index contributed by atoms with van der Waals surface area (Å²) >= 11 is 3.28. The smallest absolute Gasteiger partial charge is 0.227 e. The normalized spacial score (nSPS) is 17.4. The molecule has 0 aliphatic carbocycles. The van der Waals surface area contributed by atoms with Crippen molar-refractivity contribution in [2.45, 2.75) is 6.92 Å². The maximum absolute atomic E-state index is 13.1. The Morgan fingerprint density at radius 1 is 1.59 bits per heavy atom. The summed E-state index contributed by atoms with van der Waals surface area (Å²) in [6.07, 6.45) is 0. The van der Waals surface area contributed by atoms with Crippen LogP contribution in [-0.2, 0) is 4.79 Å². The van der Waals surface area contributed by atoms with Crippen LogP contribution in [0.25, 0.3) is 0 Å². The molecule has 2 N–H and O–H groups in total. The SMILES string of the molecule is CC(C(=O)Nc1cc(F)ccc1Br)C1CNC1. The van der Waals surface area contributed by atoms with Gasteiger partial charge in [0.15, 0.2) is 0 Å². The van der Waals surface area contributed by atoms with Crippen LogP contribution in [-0.4, -0.2) is 19.0 Å². The molecule has 1 aromatic rings. The van der Waals surface area contributed by atoms with Gasteiger partial charge >= 0.3 is 0 Å². The van der Waals surface area contributed by atoms with E-state index in [1.54, 1.807) is 6.07 Å². The van der Waals surface area contributed by atoms with Gasteiger partial charge in [-0.1, -0.05) is 6.92 Å². The fourth-order valence-corrected chi connectivity index (χ4v) is 2.06. The first-order valence-corrected chi connectivity index (χ1v) is 6.34. The van der Waals surface area contributed by atoms with Crippen molar-refractivity contribution in [2.75, 3.05) is 18.4 Å². The number of halogens is 2. The number of amides is 1. The lowest BCUT2D eigenvalue weighted by molar-refractivity contribution is -0.121. The summed E-state index contributed by atoms with van der Waals surface area (Å²) in [6, 6.07) is 4.24. The molecule has 0 saturated carbocycles. The van der Waals surface area contributed by atoms with Gasteiger partial charge in [0.05, 0.1) is 5.69 Å². The Morgan fingerprint density at radius 3 is 2.88 bits per heavy atom. The third-order valence-electron chi connectivity index (χ3n) is 3.12. The summed E-state index contributed by atoms with van der Waals surface area (Å²) in [6.45, 7) is 3.64. The molecule has 0 spiro atoms. The van der Waals surface area contributed by atoms with E-state index in [2.05, 4.69) is 26.6 Å². The number of nitrogens with one attached hydrogen (secondary N) is 2. The fraction of sp³-hybridized carbons (Fsp3) is 0.417. The number of hydrogen-bond acceptors (Lipinski definition) is 2. The van der Waals surface area contributed by atoms with Crippen LogP contribution in [0.4, 0.5) is 10.1 Å². The molecular formula is C12H14BrFN2O. The molecule has 0 aromatic heterocycles. The van der Waals surface area contributed by atoms with E-state index in [-0.39, 0.29) is 17.6 Å². The van der Waals surface area contributed by atoms with Gasteiger partial charge in [0.1, 0.15) is 5.82 Å². The lowest BCUT2D eigenvalue weighted by Gasteiger charge is -2.31. The molecule has 0 bridgehead atoms. The van der Waals surface area contributed by atoms with E-state index in [0.717, 1.165) is 13.1 Å². The van der Waals surface area contributed by atoms with Gasteiger partial charge in [-0.15, -0.1) is 0 Å². The molecule has 92 valence electrons. The Balaban J connectivity index is 2.04. The van der Waals surface area contributed by atoms with Gasteiger partial charge in [0, 0.05) is 10.4 Å². The topological polar surface area (TPSA) is 41.1 Å². The van der Waals surface area contributed by atoms with Crippen molar-refractivity contribution in [1.29, 1.82) is 0 Å². The molecule has 3 nitrogen and oxygen atoms in total. The van der Waals surface area contributed by atoms with Gasteiger partial charge in [-0.3, -0.25) is 4.79 Å². The van der Waals surface area contributed by atoms with E-state index in [0.29, 0.717) is 16.1 Å². The zero-order valence-electron chi connectivity index (χ0n) is 9.47. The molecule has 1 unspecified atom stereocenters. The van der Waals surface area contributed by atoms with Gasteiger partial charge in [-0.2, -0.15) is 0 Å². The summed E-state index contributed by atoms with van der Waals surface area (Å²) in [5.41, 5.74) is 0.481. The maximum Gasteiger partial charge on any atom is 0.227 e. The largest absolute Gasteiger partial charge is 0.325 e. The minimum absolute atomic E-state index is 0.0635. The molecule has 17 heavy (non-hydrogen) atoms. The molecule has 1 fully saturated rings. The van der Waals surface area contributed by atoms with E-state index >= 15 is 0 Å². The van der Waals surface area contributed by atoms with Gasteiger partial charge in [0.2, 0.25) is 5.91 Å². The minimum Gasteiger partial charge on any atom is -0.325 e. The molecule has 1 atom stereocenters. The van der Waals surface area contributed by atoms with Crippen molar-refractivity contribution in [3.05, 3.63) is 28.5 Å². The van der Waals surface area contributed by atoms with Crippen molar-refractivity contribution in [3.63, 3.8) is 0 Å². The van der Waals surface area contributed by atoms with Crippen LogP contribution in [0.1, 0.15) is 6.92 Å². The summed E-state index contributed by atoms with van der Waals surface area (Å²) < 4.78 is 13.7. The number of benzene rings is 1. The van der Waals surface area contributed by atoms with E-state index in [9.17, 15) is 9.18 Å². The number of carbonyl (C=O) groups excluding carboxylic acids is 1. The highest BCUT2D eigenvalue weighted by Gasteiger charge is 2.28. The van der Waals surface area contributed by atoms with Crippen LogP contribution in [0.2, 0.25) is 0 Å². The monoisotopic (exact) mass is 300 g/mol. The highest BCUT2D eigenvalue weighted by Crippen LogP contribution is 2.25. The summed E-state index contributed by atoms with van der Waals surface area (Å²) in [5.74, 6) is -0.113. The molecule has 0 radical (unpaired) electrons. The van der Waals surface area contributed by atoms with E-state index in [1.807, 2.05) is 6.92 Å². The number of anilines is 1. The second-order valence-electron chi connectivity index (χ2n) is 4.32. The summed E-state index contributed by atoms with van der Waals surface area (Å²) in [4.78, 5) is 11.9. The maximum atomic E-state index is 13.1.